The van der Waals surface area contributed by atoms with Crippen molar-refractivity contribution >= 4 is 5.97 Å². The summed E-state index contributed by atoms with van der Waals surface area (Å²) < 4.78 is 0. The molecular formula is C12H14O3. The van der Waals surface area contributed by atoms with Gasteiger partial charge in [0.15, 0.2) is 0 Å². The second-order valence-corrected chi connectivity index (χ2v) is 4.14. The molecule has 0 bridgehead atoms. The van der Waals surface area contributed by atoms with Gasteiger partial charge in [-0.1, -0.05) is 30.3 Å². The fourth-order valence-electron chi connectivity index (χ4n) is 2.08. The van der Waals surface area contributed by atoms with Crippen molar-refractivity contribution < 1.29 is 15.0 Å². The van der Waals surface area contributed by atoms with Crippen molar-refractivity contribution in [3.8, 4) is 0 Å². The van der Waals surface area contributed by atoms with Crippen LogP contribution >= 0.6 is 0 Å². The van der Waals surface area contributed by atoms with Crippen LogP contribution in [0.4, 0.5) is 0 Å². The van der Waals surface area contributed by atoms with Crippen molar-refractivity contribution in [2.75, 3.05) is 0 Å². The lowest BCUT2D eigenvalue weighted by atomic mass is 9.88. The molecule has 80 valence electrons. The van der Waals surface area contributed by atoms with Crippen LogP contribution in [-0.2, 0) is 10.2 Å². The summed E-state index contributed by atoms with van der Waals surface area (Å²) in [6.07, 6.45) is 0.823. The van der Waals surface area contributed by atoms with Crippen molar-refractivity contribution in [1.82, 2.24) is 0 Å². The smallest absolute Gasteiger partial charge is 0.306 e. The van der Waals surface area contributed by atoms with E-state index in [2.05, 4.69) is 0 Å². The van der Waals surface area contributed by atoms with Crippen molar-refractivity contribution in [3.05, 3.63) is 35.9 Å². The Hall–Kier alpha value is -1.35. The number of carbonyl (C=O) groups is 1. The van der Waals surface area contributed by atoms with Gasteiger partial charge in [0.1, 0.15) is 0 Å². The number of carboxylic acids is 1. The number of benzene rings is 1. The van der Waals surface area contributed by atoms with E-state index in [0.717, 1.165) is 18.4 Å². The van der Waals surface area contributed by atoms with Crippen molar-refractivity contribution in [2.45, 2.75) is 30.8 Å². The van der Waals surface area contributed by atoms with Crippen LogP contribution in [0, 0.1) is 0 Å². The molecule has 0 spiro atoms. The molecular weight excluding hydrogens is 192 g/mol. The predicted molar refractivity (Wildman–Crippen MR) is 55.6 cm³/mol. The quantitative estimate of drug-likeness (QED) is 0.785. The molecule has 1 atom stereocenters. The molecule has 0 aliphatic heterocycles. The molecule has 0 heterocycles. The van der Waals surface area contributed by atoms with E-state index in [4.69, 9.17) is 5.11 Å². The van der Waals surface area contributed by atoms with Gasteiger partial charge in [-0.05, 0) is 18.4 Å². The highest BCUT2D eigenvalue weighted by molar-refractivity contribution is 5.68. The van der Waals surface area contributed by atoms with E-state index in [-0.39, 0.29) is 11.8 Å². The second-order valence-electron chi connectivity index (χ2n) is 4.14. The first kappa shape index (κ1) is 10.2. The van der Waals surface area contributed by atoms with Gasteiger partial charge in [-0.3, -0.25) is 4.79 Å². The minimum atomic E-state index is -0.940. The van der Waals surface area contributed by atoms with E-state index in [1.54, 1.807) is 0 Å². The first-order valence-electron chi connectivity index (χ1n) is 5.10. The maximum absolute atomic E-state index is 10.6. The van der Waals surface area contributed by atoms with Crippen LogP contribution in [0.25, 0.3) is 0 Å². The highest BCUT2D eigenvalue weighted by atomic mass is 16.4. The van der Waals surface area contributed by atoms with Gasteiger partial charge in [-0.2, -0.15) is 0 Å². The molecule has 1 aliphatic carbocycles. The summed E-state index contributed by atoms with van der Waals surface area (Å²) in [5.74, 6) is -0.940. The van der Waals surface area contributed by atoms with Crippen LogP contribution in [0.2, 0.25) is 0 Å². The summed E-state index contributed by atoms with van der Waals surface area (Å²) in [5.41, 5.74) is 0.762. The Balaban J connectivity index is 2.17. The Morgan fingerprint density at radius 3 is 2.40 bits per heavy atom. The first-order valence-corrected chi connectivity index (χ1v) is 5.10. The second kappa shape index (κ2) is 3.66. The average Bonchev–Trinajstić information content (AvgIpc) is 2.99. The van der Waals surface area contributed by atoms with E-state index in [9.17, 15) is 9.90 Å². The first-order chi connectivity index (χ1) is 7.15. The normalized spacial score (nSPS) is 19.5. The molecule has 0 saturated heterocycles. The SMILES string of the molecule is O=C(O)C[C@@H](O)C1(c2ccccc2)CC1. The van der Waals surface area contributed by atoms with Crippen LogP contribution in [0.5, 0.6) is 0 Å². The highest BCUT2D eigenvalue weighted by Gasteiger charge is 2.50. The number of aliphatic hydroxyl groups excluding tert-OH is 1. The van der Waals surface area contributed by atoms with Crippen molar-refractivity contribution in [3.63, 3.8) is 0 Å². The molecule has 15 heavy (non-hydrogen) atoms. The Kier molecular flexibility index (Phi) is 2.49. The lowest BCUT2D eigenvalue weighted by Crippen LogP contribution is -2.28. The monoisotopic (exact) mass is 206 g/mol. The van der Waals surface area contributed by atoms with Gasteiger partial charge in [-0.15, -0.1) is 0 Å². The van der Waals surface area contributed by atoms with Gasteiger partial charge >= 0.3 is 5.97 Å². The number of aliphatic hydroxyl groups is 1. The molecule has 1 aromatic carbocycles. The standard InChI is InChI=1S/C12H14O3/c13-10(8-11(14)15)12(6-7-12)9-4-2-1-3-5-9/h1-5,10,13H,6-8H2,(H,14,15)/t10-/m1/s1. The molecule has 1 aromatic rings. The lowest BCUT2D eigenvalue weighted by molar-refractivity contribution is -0.139. The Morgan fingerprint density at radius 2 is 1.93 bits per heavy atom. The lowest BCUT2D eigenvalue weighted by Gasteiger charge is -2.21. The zero-order chi connectivity index (χ0) is 10.9. The van der Waals surface area contributed by atoms with Gasteiger partial charge in [0, 0.05) is 5.41 Å². The number of hydrogen-bond acceptors (Lipinski definition) is 2. The molecule has 1 fully saturated rings. The molecule has 3 heteroatoms. The Bertz CT molecular complexity index is 354. The number of rotatable bonds is 4. The molecule has 1 aliphatic rings. The average molecular weight is 206 g/mol. The van der Waals surface area contributed by atoms with E-state index >= 15 is 0 Å². The van der Waals surface area contributed by atoms with Crippen molar-refractivity contribution in [1.29, 1.82) is 0 Å². The maximum Gasteiger partial charge on any atom is 0.306 e. The van der Waals surface area contributed by atoms with Crippen LogP contribution < -0.4 is 0 Å². The third-order valence-corrected chi connectivity index (χ3v) is 3.14. The predicted octanol–water partition coefficient (Wildman–Crippen LogP) is 1.55. The van der Waals surface area contributed by atoms with Gasteiger partial charge in [0.05, 0.1) is 12.5 Å². The van der Waals surface area contributed by atoms with Gasteiger partial charge in [0.25, 0.3) is 0 Å². The van der Waals surface area contributed by atoms with Gasteiger partial charge in [0.2, 0.25) is 0 Å². The molecule has 0 amide bonds. The Labute approximate surface area is 88.4 Å². The van der Waals surface area contributed by atoms with E-state index in [0.29, 0.717) is 0 Å². The summed E-state index contributed by atoms with van der Waals surface area (Å²) in [4.78, 5) is 10.6. The van der Waals surface area contributed by atoms with Crippen LogP contribution in [-0.4, -0.2) is 22.3 Å². The minimum Gasteiger partial charge on any atom is -0.481 e. The zero-order valence-corrected chi connectivity index (χ0v) is 8.39. The van der Waals surface area contributed by atoms with E-state index in [1.165, 1.54) is 0 Å². The topological polar surface area (TPSA) is 57.5 Å². The fourth-order valence-corrected chi connectivity index (χ4v) is 2.08. The summed E-state index contributed by atoms with van der Waals surface area (Å²) in [7, 11) is 0. The molecule has 0 unspecified atom stereocenters. The molecule has 3 nitrogen and oxygen atoms in total. The molecule has 1 saturated carbocycles. The van der Waals surface area contributed by atoms with Gasteiger partial charge in [-0.25, -0.2) is 0 Å². The summed E-state index contributed by atoms with van der Waals surface area (Å²) in [6.45, 7) is 0. The summed E-state index contributed by atoms with van der Waals surface area (Å²) in [6, 6.07) is 9.67. The van der Waals surface area contributed by atoms with Crippen LogP contribution in [0.3, 0.4) is 0 Å². The van der Waals surface area contributed by atoms with Crippen LogP contribution in [0.1, 0.15) is 24.8 Å². The third-order valence-electron chi connectivity index (χ3n) is 3.14. The number of aliphatic carboxylic acids is 1. The molecule has 2 N–H and O–H groups in total. The zero-order valence-electron chi connectivity index (χ0n) is 8.39. The highest BCUT2D eigenvalue weighted by Crippen LogP contribution is 2.51. The Morgan fingerprint density at radius 1 is 1.33 bits per heavy atom. The minimum absolute atomic E-state index is 0.172. The van der Waals surface area contributed by atoms with E-state index < -0.39 is 12.1 Å². The molecule has 2 rings (SSSR count). The third kappa shape index (κ3) is 1.88. The summed E-state index contributed by atoms with van der Waals surface area (Å²) >= 11 is 0. The number of carboxylic acid groups (broad SMARTS) is 1. The molecule has 0 aromatic heterocycles. The van der Waals surface area contributed by atoms with Crippen LogP contribution in [0.15, 0.2) is 30.3 Å². The number of hydrogen-bond donors (Lipinski definition) is 2. The van der Waals surface area contributed by atoms with Gasteiger partial charge < -0.3 is 10.2 Å². The van der Waals surface area contributed by atoms with Crippen molar-refractivity contribution in [2.24, 2.45) is 0 Å². The fraction of sp³-hybridized carbons (Fsp3) is 0.417. The maximum atomic E-state index is 10.6. The van der Waals surface area contributed by atoms with E-state index in [1.807, 2.05) is 30.3 Å². The molecule has 0 radical (unpaired) electrons. The summed E-state index contributed by atoms with van der Waals surface area (Å²) in [5, 5.41) is 18.5. The largest absolute Gasteiger partial charge is 0.481 e.